The van der Waals surface area contributed by atoms with Gasteiger partial charge in [-0.05, 0) is 45.0 Å². The molecule has 134 valence electrons. The Bertz CT molecular complexity index is 764. The molecule has 0 spiro atoms. The molecule has 0 unspecified atom stereocenters. The SMILES string of the molecule is CO[C@]1(C)CN(C(=O)[C@@H](C)Nc2nnc(-c3ccc(Cl)cc3)o2)[C@H]1C. The van der Waals surface area contributed by atoms with Gasteiger partial charge in [0.25, 0.3) is 0 Å². The number of halogens is 1. The lowest BCUT2D eigenvalue weighted by molar-refractivity contribution is -0.177. The number of hydrogen-bond donors (Lipinski definition) is 1. The van der Waals surface area contributed by atoms with Gasteiger partial charge in [0, 0.05) is 17.7 Å². The highest BCUT2D eigenvalue weighted by Crippen LogP contribution is 2.32. The van der Waals surface area contributed by atoms with Crippen LogP contribution in [0.4, 0.5) is 6.01 Å². The fraction of sp³-hybridized carbons (Fsp3) is 0.471. The van der Waals surface area contributed by atoms with Gasteiger partial charge in [0.05, 0.1) is 12.6 Å². The lowest BCUT2D eigenvalue weighted by Gasteiger charge is -2.53. The van der Waals surface area contributed by atoms with Crippen molar-refractivity contribution in [1.82, 2.24) is 15.1 Å². The average Bonchev–Trinajstić information content (AvgIpc) is 3.07. The van der Waals surface area contributed by atoms with E-state index in [1.165, 1.54) is 0 Å². The Kier molecular flexibility index (Phi) is 4.71. The monoisotopic (exact) mass is 364 g/mol. The van der Waals surface area contributed by atoms with Gasteiger partial charge >= 0.3 is 6.01 Å². The Hall–Kier alpha value is -2.12. The number of nitrogens with one attached hydrogen (secondary N) is 1. The maximum Gasteiger partial charge on any atom is 0.316 e. The molecule has 1 N–H and O–H groups in total. The maximum atomic E-state index is 12.6. The molecule has 3 atom stereocenters. The summed E-state index contributed by atoms with van der Waals surface area (Å²) in [6.45, 7) is 6.30. The summed E-state index contributed by atoms with van der Waals surface area (Å²) in [6.07, 6.45) is 0. The van der Waals surface area contributed by atoms with Crippen molar-refractivity contribution in [3.05, 3.63) is 29.3 Å². The third-order valence-corrected chi connectivity index (χ3v) is 5.06. The van der Waals surface area contributed by atoms with E-state index in [0.717, 1.165) is 5.56 Å². The minimum atomic E-state index is -0.484. The molecule has 1 aromatic carbocycles. The predicted octanol–water partition coefficient (Wildman–Crippen LogP) is 2.83. The summed E-state index contributed by atoms with van der Waals surface area (Å²) in [5.74, 6) is 0.330. The van der Waals surface area contributed by atoms with Gasteiger partial charge in [0.2, 0.25) is 11.8 Å². The summed E-state index contributed by atoms with van der Waals surface area (Å²) < 4.78 is 11.0. The summed E-state index contributed by atoms with van der Waals surface area (Å²) in [5, 5.41) is 11.5. The summed E-state index contributed by atoms with van der Waals surface area (Å²) in [5.41, 5.74) is 0.470. The fourth-order valence-electron chi connectivity index (χ4n) is 2.81. The van der Waals surface area contributed by atoms with E-state index in [4.69, 9.17) is 20.8 Å². The van der Waals surface area contributed by atoms with Crippen molar-refractivity contribution in [3.8, 4) is 11.5 Å². The second kappa shape index (κ2) is 6.65. The third-order valence-electron chi connectivity index (χ3n) is 4.81. The topological polar surface area (TPSA) is 80.5 Å². The van der Waals surface area contributed by atoms with Gasteiger partial charge < -0.3 is 19.4 Å². The highest BCUT2D eigenvalue weighted by molar-refractivity contribution is 6.30. The molecule has 25 heavy (non-hydrogen) atoms. The number of nitrogens with zero attached hydrogens (tertiary/aromatic N) is 3. The number of likely N-dealkylation sites (tertiary alicyclic amines) is 1. The first-order valence-corrected chi connectivity index (χ1v) is 8.43. The van der Waals surface area contributed by atoms with Crippen LogP contribution < -0.4 is 5.32 Å². The van der Waals surface area contributed by atoms with Crippen LogP contribution in [0.1, 0.15) is 20.8 Å². The second-order valence-corrected chi connectivity index (χ2v) is 6.88. The molecule has 1 aromatic heterocycles. The van der Waals surface area contributed by atoms with E-state index < -0.39 is 6.04 Å². The molecule has 0 saturated carbocycles. The van der Waals surface area contributed by atoms with E-state index in [-0.39, 0.29) is 23.6 Å². The zero-order chi connectivity index (χ0) is 18.2. The van der Waals surface area contributed by atoms with Gasteiger partial charge in [-0.3, -0.25) is 4.79 Å². The quantitative estimate of drug-likeness (QED) is 0.878. The minimum Gasteiger partial charge on any atom is -0.403 e. The van der Waals surface area contributed by atoms with Crippen LogP contribution in [-0.2, 0) is 9.53 Å². The highest BCUT2D eigenvalue weighted by atomic mass is 35.5. The largest absolute Gasteiger partial charge is 0.403 e. The van der Waals surface area contributed by atoms with Crippen LogP contribution in [0, 0.1) is 0 Å². The lowest BCUT2D eigenvalue weighted by atomic mass is 9.85. The highest BCUT2D eigenvalue weighted by Gasteiger charge is 2.49. The van der Waals surface area contributed by atoms with Gasteiger partial charge in [-0.2, -0.15) is 0 Å². The number of amides is 1. The van der Waals surface area contributed by atoms with Crippen molar-refractivity contribution in [2.75, 3.05) is 19.0 Å². The van der Waals surface area contributed by atoms with Crippen LogP contribution in [-0.4, -0.2) is 52.3 Å². The van der Waals surface area contributed by atoms with Crippen LogP contribution in [0.15, 0.2) is 28.7 Å². The number of aromatic nitrogens is 2. The maximum absolute atomic E-state index is 12.6. The number of rotatable bonds is 5. The van der Waals surface area contributed by atoms with Crippen LogP contribution in [0.25, 0.3) is 11.5 Å². The normalized spacial score (nSPS) is 23.9. The molecule has 8 heteroatoms. The standard InChI is InChI=1S/C17H21ClN4O3/c1-10(15(23)22-9-17(3,24-4)11(22)2)19-16-21-20-14(25-16)12-5-7-13(18)8-6-12/h5-8,10-11H,9H2,1-4H3,(H,19,21)/t10-,11+,17-/m1/s1. The molecule has 1 fully saturated rings. The zero-order valence-corrected chi connectivity index (χ0v) is 15.4. The van der Waals surface area contributed by atoms with E-state index in [9.17, 15) is 4.79 Å². The molecule has 0 aliphatic carbocycles. The molecule has 7 nitrogen and oxygen atoms in total. The van der Waals surface area contributed by atoms with Crippen molar-refractivity contribution in [3.63, 3.8) is 0 Å². The second-order valence-electron chi connectivity index (χ2n) is 6.44. The van der Waals surface area contributed by atoms with Crippen LogP contribution in [0.2, 0.25) is 5.02 Å². The van der Waals surface area contributed by atoms with Crippen molar-refractivity contribution in [1.29, 1.82) is 0 Å². The minimum absolute atomic E-state index is 0.0153. The molecule has 0 bridgehead atoms. The number of benzene rings is 1. The lowest BCUT2D eigenvalue weighted by Crippen LogP contribution is -2.70. The Morgan fingerprint density at radius 3 is 2.72 bits per heavy atom. The molecule has 2 heterocycles. The van der Waals surface area contributed by atoms with Crippen molar-refractivity contribution in [2.45, 2.75) is 38.5 Å². The number of anilines is 1. The number of ether oxygens (including phenoxy) is 1. The van der Waals surface area contributed by atoms with Gasteiger partial charge in [0.15, 0.2) is 0 Å². The molecule has 0 radical (unpaired) electrons. The molecule has 2 aromatic rings. The van der Waals surface area contributed by atoms with Crippen LogP contribution >= 0.6 is 11.6 Å². The number of methoxy groups -OCH3 is 1. The van der Waals surface area contributed by atoms with Gasteiger partial charge in [0.1, 0.15) is 11.6 Å². The molecule has 1 aliphatic rings. The van der Waals surface area contributed by atoms with E-state index in [1.807, 2.05) is 13.8 Å². The number of carbonyl (C=O) groups is 1. The molecular weight excluding hydrogens is 344 g/mol. The van der Waals surface area contributed by atoms with E-state index in [2.05, 4.69) is 15.5 Å². The predicted molar refractivity (Wildman–Crippen MR) is 94.4 cm³/mol. The summed E-state index contributed by atoms with van der Waals surface area (Å²) in [7, 11) is 1.66. The average molecular weight is 365 g/mol. The van der Waals surface area contributed by atoms with Gasteiger partial charge in [-0.1, -0.05) is 16.7 Å². The number of hydrogen-bond acceptors (Lipinski definition) is 6. The van der Waals surface area contributed by atoms with E-state index in [0.29, 0.717) is 17.5 Å². The molecule has 3 rings (SSSR count). The summed E-state index contributed by atoms with van der Waals surface area (Å²) in [6, 6.07) is 6.82. The number of carbonyl (C=O) groups excluding carboxylic acids is 1. The van der Waals surface area contributed by atoms with Gasteiger partial charge in [-0.25, -0.2) is 0 Å². The van der Waals surface area contributed by atoms with Crippen molar-refractivity contribution < 1.29 is 13.9 Å². The molecule has 1 amide bonds. The van der Waals surface area contributed by atoms with E-state index in [1.54, 1.807) is 43.2 Å². The zero-order valence-electron chi connectivity index (χ0n) is 14.6. The van der Waals surface area contributed by atoms with E-state index >= 15 is 0 Å². The first-order valence-electron chi connectivity index (χ1n) is 8.05. The smallest absolute Gasteiger partial charge is 0.316 e. The Balaban J connectivity index is 1.63. The molecule has 1 aliphatic heterocycles. The van der Waals surface area contributed by atoms with Crippen molar-refractivity contribution in [2.24, 2.45) is 0 Å². The molecule has 1 saturated heterocycles. The van der Waals surface area contributed by atoms with Gasteiger partial charge in [-0.15, -0.1) is 5.10 Å². The molecular formula is C17H21ClN4O3. The summed E-state index contributed by atoms with van der Waals surface area (Å²) in [4.78, 5) is 14.3. The Morgan fingerprint density at radius 2 is 2.12 bits per heavy atom. The van der Waals surface area contributed by atoms with Crippen molar-refractivity contribution >= 4 is 23.5 Å². The fourth-order valence-corrected chi connectivity index (χ4v) is 2.94. The summed E-state index contributed by atoms with van der Waals surface area (Å²) >= 11 is 5.87. The van der Waals surface area contributed by atoms with Crippen LogP contribution in [0.3, 0.4) is 0 Å². The first kappa shape index (κ1) is 17.7. The third kappa shape index (κ3) is 3.34. The Morgan fingerprint density at radius 1 is 1.44 bits per heavy atom. The van der Waals surface area contributed by atoms with Crippen LogP contribution in [0.5, 0.6) is 0 Å². The Labute approximate surface area is 151 Å². The first-order chi connectivity index (χ1) is 11.8.